The number of benzene rings is 1. The van der Waals surface area contributed by atoms with E-state index >= 15 is 0 Å². The number of rotatable bonds is 4. The minimum Gasteiger partial charge on any atom is -0.460 e. The molecule has 0 aliphatic heterocycles. The molecule has 128 valence electrons. The summed E-state index contributed by atoms with van der Waals surface area (Å²) in [6, 6.07) is 6.13. The molecule has 4 aliphatic carbocycles. The molecule has 1 aromatic rings. The topological polar surface area (TPSA) is 69.4 Å². The molecule has 4 saturated carbocycles. The summed E-state index contributed by atoms with van der Waals surface area (Å²) in [5.74, 6) is 0.964. The lowest BCUT2D eigenvalue weighted by molar-refractivity contribution is -0.384. The summed E-state index contributed by atoms with van der Waals surface area (Å²) in [6.45, 7) is 0.156. The Bertz CT molecular complexity index is 673. The van der Waals surface area contributed by atoms with E-state index in [9.17, 15) is 14.9 Å². The molecule has 24 heavy (non-hydrogen) atoms. The number of non-ortho nitro benzene ring substituents is 1. The SMILES string of the molecule is O=C(OCc1ccc([N+](=O)[O-])cc1)C12C[C@H]3C[C@@H](CC(Cl)(C3)C1)C2. The van der Waals surface area contributed by atoms with Crippen molar-refractivity contribution in [2.75, 3.05) is 0 Å². The Kier molecular flexibility index (Phi) is 3.60. The molecule has 6 heteroatoms. The van der Waals surface area contributed by atoms with Crippen LogP contribution >= 0.6 is 11.6 Å². The number of hydrogen-bond acceptors (Lipinski definition) is 4. The van der Waals surface area contributed by atoms with Gasteiger partial charge in [0.1, 0.15) is 6.61 Å². The first kappa shape index (κ1) is 15.9. The second kappa shape index (κ2) is 5.45. The maximum atomic E-state index is 12.8. The molecule has 5 nitrogen and oxygen atoms in total. The number of halogens is 1. The third-order valence-corrected chi connectivity index (χ3v) is 6.38. The third-order valence-electron chi connectivity index (χ3n) is 5.94. The molecule has 4 aliphatic rings. The van der Waals surface area contributed by atoms with E-state index in [1.807, 2.05) is 0 Å². The lowest BCUT2D eigenvalue weighted by atomic mass is 9.49. The van der Waals surface area contributed by atoms with Gasteiger partial charge in [-0.25, -0.2) is 0 Å². The zero-order chi connectivity index (χ0) is 16.9. The third kappa shape index (κ3) is 2.69. The Labute approximate surface area is 145 Å². The average molecular weight is 350 g/mol. The molecule has 4 fully saturated rings. The van der Waals surface area contributed by atoms with Gasteiger partial charge in [-0.1, -0.05) is 0 Å². The van der Waals surface area contributed by atoms with Gasteiger partial charge in [-0.3, -0.25) is 14.9 Å². The molecule has 0 radical (unpaired) electrons. The van der Waals surface area contributed by atoms with Crippen molar-refractivity contribution >= 4 is 23.3 Å². The van der Waals surface area contributed by atoms with Gasteiger partial charge in [0.2, 0.25) is 0 Å². The molecular weight excluding hydrogens is 330 g/mol. The minimum atomic E-state index is -0.439. The van der Waals surface area contributed by atoms with Crippen LogP contribution in [0.4, 0.5) is 5.69 Å². The molecule has 0 unspecified atom stereocenters. The summed E-state index contributed by atoms with van der Waals surface area (Å²) >= 11 is 6.76. The van der Waals surface area contributed by atoms with Crippen LogP contribution in [0.15, 0.2) is 24.3 Å². The number of nitro benzene ring substituents is 1. The van der Waals surface area contributed by atoms with Crippen molar-refractivity contribution in [2.45, 2.75) is 50.0 Å². The van der Waals surface area contributed by atoms with Crippen LogP contribution in [0.5, 0.6) is 0 Å². The maximum absolute atomic E-state index is 12.8. The molecular formula is C18H20ClNO4. The molecule has 0 amide bonds. The number of carbonyl (C=O) groups excluding carboxylic acids is 1. The molecule has 0 N–H and O–H groups in total. The number of nitrogens with zero attached hydrogens (tertiary/aromatic N) is 1. The lowest BCUT2D eigenvalue weighted by Crippen LogP contribution is -2.56. The summed E-state index contributed by atoms with van der Waals surface area (Å²) in [7, 11) is 0. The molecule has 0 heterocycles. The van der Waals surface area contributed by atoms with E-state index in [0.717, 1.165) is 37.7 Å². The highest BCUT2D eigenvalue weighted by atomic mass is 35.5. The predicted molar refractivity (Wildman–Crippen MR) is 88.6 cm³/mol. The summed E-state index contributed by atoms with van der Waals surface area (Å²) in [5.41, 5.74) is 0.390. The van der Waals surface area contributed by atoms with E-state index in [4.69, 9.17) is 16.3 Å². The van der Waals surface area contributed by atoms with Gasteiger partial charge in [-0.2, -0.15) is 0 Å². The maximum Gasteiger partial charge on any atom is 0.312 e. The van der Waals surface area contributed by atoms with E-state index in [0.29, 0.717) is 11.8 Å². The molecule has 4 bridgehead atoms. The van der Waals surface area contributed by atoms with Crippen LogP contribution < -0.4 is 0 Å². The molecule has 0 saturated heterocycles. The normalized spacial score (nSPS) is 36.5. The average Bonchev–Trinajstić information content (AvgIpc) is 2.50. The first-order valence-corrected chi connectivity index (χ1v) is 8.85. The van der Waals surface area contributed by atoms with Crippen molar-refractivity contribution < 1.29 is 14.5 Å². The first-order valence-electron chi connectivity index (χ1n) is 8.47. The Balaban J connectivity index is 1.44. The van der Waals surface area contributed by atoms with Crippen LogP contribution in [0.1, 0.15) is 44.1 Å². The molecule has 1 aromatic carbocycles. The van der Waals surface area contributed by atoms with Crippen molar-refractivity contribution in [3.63, 3.8) is 0 Å². The number of hydrogen-bond donors (Lipinski definition) is 0. The highest BCUT2D eigenvalue weighted by molar-refractivity contribution is 6.24. The number of carbonyl (C=O) groups is 1. The van der Waals surface area contributed by atoms with Crippen molar-refractivity contribution in [2.24, 2.45) is 17.3 Å². The van der Waals surface area contributed by atoms with Gasteiger partial charge in [-0.15, -0.1) is 11.6 Å². The second-order valence-corrected chi connectivity index (χ2v) is 8.69. The molecule has 0 spiro atoms. The number of alkyl halides is 1. The van der Waals surface area contributed by atoms with Crippen LogP contribution in [0, 0.1) is 27.4 Å². The van der Waals surface area contributed by atoms with Crippen molar-refractivity contribution in [3.8, 4) is 0 Å². The van der Waals surface area contributed by atoms with Crippen molar-refractivity contribution in [3.05, 3.63) is 39.9 Å². The molecule has 5 rings (SSSR count). The Morgan fingerprint density at radius 1 is 1.21 bits per heavy atom. The number of nitro groups is 1. The largest absolute Gasteiger partial charge is 0.460 e. The van der Waals surface area contributed by atoms with Crippen LogP contribution in [0.2, 0.25) is 0 Å². The van der Waals surface area contributed by atoms with Gasteiger partial charge in [0.05, 0.1) is 10.3 Å². The highest BCUT2D eigenvalue weighted by Gasteiger charge is 2.60. The van der Waals surface area contributed by atoms with E-state index < -0.39 is 10.3 Å². The van der Waals surface area contributed by atoms with E-state index in [2.05, 4.69) is 0 Å². The van der Waals surface area contributed by atoms with E-state index in [1.54, 1.807) is 12.1 Å². The van der Waals surface area contributed by atoms with Crippen molar-refractivity contribution in [1.82, 2.24) is 0 Å². The number of ether oxygens (including phenoxy) is 1. The quantitative estimate of drug-likeness (QED) is 0.353. The zero-order valence-corrected chi connectivity index (χ0v) is 14.1. The Hall–Kier alpha value is -1.62. The fourth-order valence-electron chi connectivity index (χ4n) is 5.41. The van der Waals surface area contributed by atoms with Gasteiger partial charge in [-0.05, 0) is 68.1 Å². The Morgan fingerprint density at radius 2 is 1.83 bits per heavy atom. The first-order chi connectivity index (χ1) is 11.4. The van der Waals surface area contributed by atoms with Gasteiger partial charge >= 0.3 is 5.97 Å². The summed E-state index contributed by atoms with van der Waals surface area (Å²) in [6.07, 6.45) is 5.79. The van der Waals surface area contributed by atoms with Crippen LogP contribution in [-0.2, 0) is 16.1 Å². The van der Waals surface area contributed by atoms with Crippen LogP contribution in [0.3, 0.4) is 0 Å². The summed E-state index contributed by atoms with van der Waals surface area (Å²) < 4.78 is 5.59. The van der Waals surface area contributed by atoms with E-state index in [1.165, 1.54) is 18.6 Å². The predicted octanol–water partition coefficient (Wildman–Crippen LogP) is 4.22. The summed E-state index contributed by atoms with van der Waals surface area (Å²) in [4.78, 5) is 22.8. The highest BCUT2D eigenvalue weighted by Crippen LogP contribution is 2.64. The fourth-order valence-corrected chi connectivity index (χ4v) is 6.10. The molecule has 2 atom stereocenters. The van der Waals surface area contributed by atoms with Gasteiger partial charge < -0.3 is 4.74 Å². The van der Waals surface area contributed by atoms with Gasteiger partial charge in [0.15, 0.2) is 0 Å². The lowest BCUT2D eigenvalue weighted by Gasteiger charge is -2.58. The van der Waals surface area contributed by atoms with Gasteiger partial charge in [0, 0.05) is 17.0 Å². The van der Waals surface area contributed by atoms with Crippen LogP contribution in [-0.4, -0.2) is 15.8 Å². The smallest absolute Gasteiger partial charge is 0.312 e. The standard InChI is InChI=1S/C18H20ClNO4/c19-18-8-13-5-14(9-18)7-17(6-13,11-18)16(21)24-10-12-1-3-15(4-2-12)20(22)23/h1-4,13-14H,5-11H2/t13-,14-,17?,18?/m1/s1. The Morgan fingerprint density at radius 3 is 2.38 bits per heavy atom. The second-order valence-electron chi connectivity index (χ2n) is 7.89. The minimum absolute atomic E-state index is 0.0373. The zero-order valence-electron chi connectivity index (χ0n) is 13.4. The van der Waals surface area contributed by atoms with Crippen molar-refractivity contribution in [1.29, 1.82) is 0 Å². The van der Waals surface area contributed by atoms with E-state index in [-0.39, 0.29) is 23.1 Å². The monoisotopic (exact) mass is 349 g/mol. The number of esters is 1. The van der Waals surface area contributed by atoms with Gasteiger partial charge in [0.25, 0.3) is 5.69 Å². The van der Waals surface area contributed by atoms with Crippen LogP contribution in [0.25, 0.3) is 0 Å². The molecule has 0 aromatic heterocycles. The summed E-state index contributed by atoms with van der Waals surface area (Å²) in [5, 5.41) is 10.7. The fraction of sp³-hybridized carbons (Fsp3) is 0.611.